The van der Waals surface area contributed by atoms with E-state index in [0.717, 1.165) is 18.0 Å². The van der Waals surface area contributed by atoms with Crippen LogP contribution in [0.15, 0.2) is 16.7 Å². The highest BCUT2D eigenvalue weighted by atomic mass is 35.5. The largest absolute Gasteiger partial charge is 0.396 e. The highest BCUT2D eigenvalue weighted by Crippen LogP contribution is 2.39. The Bertz CT molecular complexity index is 588. The molecule has 1 aromatic heterocycles. The summed E-state index contributed by atoms with van der Waals surface area (Å²) in [4.78, 5) is 4.42. The summed E-state index contributed by atoms with van der Waals surface area (Å²) in [7, 11) is 0. The average molecular weight is 316 g/mol. The second kappa shape index (κ2) is 5.23. The third-order valence-electron chi connectivity index (χ3n) is 2.99. The molecule has 0 bridgehead atoms. The lowest BCUT2D eigenvalue weighted by Gasteiger charge is -2.03. The Labute approximate surface area is 124 Å². The number of benzene rings is 1. The quantitative estimate of drug-likeness (QED) is 0.841. The molecular formula is C12H11Cl2N3OS. The van der Waals surface area contributed by atoms with Crippen LogP contribution in [0.1, 0.15) is 23.9 Å². The fourth-order valence-corrected chi connectivity index (χ4v) is 3.66. The van der Waals surface area contributed by atoms with E-state index in [9.17, 15) is 0 Å². The van der Waals surface area contributed by atoms with Gasteiger partial charge in [0.05, 0.1) is 21.0 Å². The number of rotatable bonds is 2. The Balaban J connectivity index is 1.94. The van der Waals surface area contributed by atoms with Gasteiger partial charge in [0, 0.05) is 5.56 Å². The third kappa shape index (κ3) is 2.55. The number of anilines is 1. The van der Waals surface area contributed by atoms with Crippen molar-refractivity contribution in [2.75, 3.05) is 11.5 Å². The van der Waals surface area contributed by atoms with Crippen LogP contribution in [0.25, 0.3) is 11.5 Å². The van der Waals surface area contributed by atoms with Crippen molar-refractivity contribution in [3.63, 3.8) is 0 Å². The van der Waals surface area contributed by atoms with E-state index in [0.29, 0.717) is 32.4 Å². The lowest BCUT2D eigenvalue weighted by atomic mass is 10.2. The molecule has 4 nitrogen and oxygen atoms in total. The third-order valence-corrected chi connectivity index (χ3v) is 4.98. The van der Waals surface area contributed by atoms with Gasteiger partial charge in [0.1, 0.15) is 0 Å². The highest BCUT2D eigenvalue weighted by molar-refractivity contribution is 7.99. The number of halogens is 2. The van der Waals surface area contributed by atoms with E-state index in [-0.39, 0.29) is 0 Å². The molecule has 1 saturated heterocycles. The summed E-state index contributed by atoms with van der Waals surface area (Å²) in [5.41, 5.74) is 6.75. The zero-order valence-electron chi connectivity index (χ0n) is 9.90. The summed E-state index contributed by atoms with van der Waals surface area (Å²) in [6.07, 6.45) is 2.28. The van der Waals surface area contributed by atoms with Gasteiger partial charge in [0.2, 0.25) is 0 Å². The van der Waals surface area contributed by atoms with E-state index in [1.165, 1.54) is 6.42 Å². The molecule has 1 fully saturated rings. The van der Waals surface area contributed by atoms with Crippen LogP contribution in [0.5, 0.6) is 0 Å². The molecule has 1 aliphatic heterocycles. The molecule has 7 heteroatoms. The van der Waals surface area contributed by atoms with Gasteiger partial charge in [-0.25, -0.2) is 0 Å². The minimum atomic E-state index is 0.331. The van der Waals surface area contributed by atoms with Gasteiger partial charge in [-0.3, -0.25) is 0 Å². The van der Waals surface area contributed by atoms with Gasteiger partial charge in [-0.15, -0.1) is 0 Å². The molecule has 1 atom stereocenters. The Morgan fingerprint density at radius 1 is 1.32 bits per heavy atom. The summed E-state index contributed by atoms with van der Waals surface area (Å²) in [6.45, 7) is 0. The van der Waals surface area contributed by atoms with Crippen LogP contribution in [0.3, 0.4) is 0 Å². The first kappa shape index (κ1) is 13.1. The monoisotopic (exact) mass is 315 g/mol. The molecule has 0 amide bonds. The zero-order chi connectivity index (χ0) is 13.4. The maximum atomic E-state index is 6.00. The number of nitrogen functional groups attached to an aromatic ring is 1. The van der Waals surface area contributed by atoms with Gasteiger partial charge in [0.25, 0.3) is 5.89 Å². The van der Waals surface area contributed by atoms with Crippen LogP contribution >= 0.6 is 35.0 Å². The Hall–Kier alpha value is -0.910. The molecule has 0 aliphatic carbocycles. The zero-order valence-corrected chi connectivity index (χ0v) is 12.2. The number of thioether (sulfide) groups is 1. The molecule has 1 aliphatic rings. The van der Waals surface area contributed by atoms with Gasteiger partial charge < -0.3 is 10.3 Å². The standard InChI is InChI=1S/C12H11Cl2N3OS/c13-7-4-6(5-8(14)10(7)15)12-16-11(17-18-12)9-2-1-3-19-9/h4-5,9H,1-3,15H2. The van der Waals surface area contributed by atoms with Crippen LogP contribution in [-0.4, -0.2) is 15.9 Å². The maximum absolute atomic E-state index is 6.00. The first-order valence-corrected chi connectivity index (χ1v) is 7.65. The highest BCUT2D eigenvalue weighted by Gasteiger charge is 2.23. The summed E-state index contributed by atoms with van der Waals surface area (Å²) in [6, 6.07) is 3.36. The van der Waals surface area contributed by atoms with Crippen molar-refractivity contribution in [1.29, 1.82) is 0 Å². The number of hydrogen-bond donors (Lipinski definition) is 1. The van der Waals surface area contributed by atoms with Gasteiger partial charge in [-0.2, -0.15) is 16.7 Å². The Morgan fingerprint density at radius 2 is 2.05 bits per heavy atom. The summed E-state index contributed by atoms with van der Waals surface area (Å²) in [5.74, 6) is 2.31. The van der Waals surface area contributed by atoms with Gasteiger partial charge in [-0.05, 0) is 30.7 Å². The number of nitrogens with zero attached hydrogens (tertiary/aromatic N) is 2. The van der Waals surface area contributed by atoms with Crippen LogP contribution in [0, 0.1) is 0 Å². The predicted octanol–water partition coefficient (Wildman–Crippen LogP) is 4.19. The normalized spacial score (nSPS) is 18.9. The number of nitrogens with two attached hydrogens (primary N) is 1. The molecule has 2 heterocycles. The van der Waals surface area contributed by atoms with E-state index in [2.05, 4.69) is 10.1 Å². The molecule has 2 aromatic rings. The van der Waals surface area contributed by atoms with Crippen molar-refractivity contribution in [3.8, 4) is 11.5 Å². The number of aromatic nitrogens is 2. The van der Waals surface area contributed by atoms with E-state index >= 15 is 0 Å². The van der Waals surface area contributed by atoms with Crippen molar-refractivity contribution in [3.05, 3.63) is 28.0 Å². The first-order chi connectivity index (χ1) is 9.15. The molecule has 0 spiro atoms. The predicted molar refractivity (Wildman–Crippen MR) is 78.6 cm³/mol. The van der Waals surface area contributed by atoms with Crippen LogP contribution in [0.4, 0.5) is 5.69 Å². The van der Waals surface area contributed by atoms with Gasteiger partial charge in [-0.1, -0.05) is 28.4 Å². The fourth-order valence-electron chi connectivity index (χ4n) is 1.97. The van der Waals surface area contributed by atoms with Crippen LogP contribution < -0.4 is 5.73 Å². The summed E-state index contributed by atoms with van der Waals surface area (Å²) in [5, 5.41) is 5.14. The first-order valence-electron chi connectivity index (χ1n) is 5.85. The molecule has 0 radical (unpaired) electrons. The average Bonchev–Trinajstić information content (AvgIpc) is 3.05. The number of hydrogen-bond acceptors (Lipinski definition) is 5. The molecule has 3 rings (SSSR count). The van der Waals surface area contributed by atoms with Crippen molar-refractivity contribution in [1.82, 2.24) is 10.1 Å². The van der Waals surface area contributed by atoms with E-state index in [1.807, 2.05) is 11.8 Å². The maximum Gasteiger partial charge on any atom is 0.258 e. The van der Waals surface area contributed by atoms with E-state index in [4.69, 9.17) is 33.5 Å². The molecule has 0 saturated carbocycles. The van der Waals surface area contributed by atoms with E-state index in [1.54, 1.807) is 12.1 Å². The molecule has 1 aromatic carbocycles. The molecule has 100 valence electrons. The molecule has 1 unspecified atom stereocenters. The lowest BCUT2D eigenvalue weighted by Crippen LogP contribution is -1.92. The summed E-state index contributed by atoms with van der Waals surface area (Å²) < 4.78 is 5.28. The molecular weight excluding hydrogens is 305 g/mol. The molecule has 19 heavy (non-hydrogen) atoms. The molecule has 2 N–H and O–H groups in total. The summed E-state index contributed by atoms with van der Waals surface area (Å²) >= 11 is 13.9. The minimum Gasteiger partial charge on any atom is -0.396 e. The minimum absolute atomic E-state index is 0.331. The van der Waals surface area contributed by atoms with Crippen molar-refractivity contribution in [2.45, 2.75) is 18.1 Å². The van der Waals surface area contributed by atoms with Crippen LogP contribution in [0.2, 0.25) is 10.0 Å². The lowest BCUT2D eigenvalue weighted by molar-refractivity contribution is 0.421. The van der Waals surface area contributed by atoms with Gasteiger partial charge in [0.15, 0.2) is 5.82 Å². The topological polar surface area (TPSA) is 64.9 Å². The van der Waals surface area contributed by atoms with Crippen LogP contribution in [-0.2, 0) is 0 Å². The van der Waals surface area contributed by atoms with Crippen molar-refractivity contribution >= 4 is 40.7 Å². The van der Waals surface area contributed by atoms with Crippen molar-refractivity contribution in [2.24, 2.45) is 0 Å². The van der Waals surface area contributed by atoms with E-state index < -0.39 is 0 Å². The Morgan fingerprint density at radius 3 is 2.68 bits per heavy atom. The Kier molecular flexibility index (Phi) is 3.60. The second-order valence-electron chi connectivity index (χ2n) is 4.31. The second-order valence-corrected chi connectivity index (χ2v) is 6.44. The van der Waals surface area contributed by atoms with Gasteiger partial charge >= 0.3 is 0 Å². The fraction of sp³-hybridized carbons (Fsp3) is 0.333. The van der Waals surface area contributed by atoms with Crippen molar-refractivity contribution < 1.29 is 4.52 Å². The smallest absolute Gasteiger partial charge is 0.258 e. The SMILES string of the molecule is Nc1c(Cl)cc(-c2nc(C3CCCS3)no2)cc1Cl.